The molecule has 0 heterocycles. The zero-order chi connectivity index (χ0) is 19.3. The van der Waals surface area contributed by atoms with E-state index in [2.05, 4.69) is 56.4 Å². The van der Waals surface area contributed by atoms with Gasteiger partial charge in [0.25, 0.3) is 0 Å². The molecular weight excluding hydrogens is 326 g/mol. The molecule has 140 valence electrons. The van der Waals surface area contributed by atoms with E-state index in [1.165, 1.54) is 12.5 Å². The number of hydrogen-bond acceptors (Lipinski definition) is 3. The van der Waals surface area contributed by atoms with Gasteiger partial charge in [-0.25, -0.2) is 0 Å². The maximum Gasteiger partial charge on any atom is 0.216 e. The van der Waals surface area contributed by atoms with Crippen LogP contribution < -0.4 is 14.8 Å². The number of ether oxygens (including phenoxy) is 2. The molecule has 4 nitrogen and oxygen atoms in total. The highest BCUT2D eigenvalue weighted by molar-refractivity contribution is 5.75. The van der Waals surface area contributed by atoms with E-state index >= 15 is 0 Å². The van der Waals surface area contributed by atoms with E-state index < -0.39 is 0 Å². The number of rotatable bonds is 6. The molecule has 0 aliphatic heterocycles. The van der Waals surface area contributed by atoms with Gasteiger partial charge in [0.1, 0.15) is 0 Å². The Bertz CT molecular complexity index is 758. The lowest BCUT2D eigenvalue weighted by Gasteiger charge is -2.20. The van der Waals surface area contributed by atoms with Gasteiger partial charge >= 0.3 is 0 Å². The minimum absolute atomic E-state index is 0.0357. The molecule has 2 aromatic carbocycles. The first-order valence-electron chi connectivity index (χ1n) is 8.87. The smallest absolute Gasteiger partial charge is 0.216 e. The Hall–Kier alpha value is -2.49. The van der Waals surface area contributed by atoms with E-state index in [0.717, 1.165) is 28.2 Å². The van der Waals surface area contributed by atoms with Crippen LogP contribution in [0.2, 0.25) is 0 Å². The van der Waals surface area contributed by atoms with E-state index in [0.29, 0.717) is 13.0 Å². The Labute approximate surface area is 156 Å². The van der Waals surface area contributed by atoms with Crippen molar-refractivity contribution in [3.05, 3.63) is 47.5 Å². The van der Waals surface area contributed by atoms with Crippen LogP contribution in [0.25, 0.3) is 11.1 Å². The average Bonchev–Trinajstić information content (AvgIpc) is 2.60. The molecule has 0 aliphatic carbocycles. The molecular formula is C22H29NO3. The average molecular weight is 355 g/mol. The summed E-state index contributed by atoms with van der Waals surface area (Å²) in [5.41, 5.74) is 4.50. The van der Waals surface area contributed by atoms with Gasteiger partial charge in [-0.2, -0.15) is 0 Å². The van der Waals surface area contributed by atoms with Gasteiger partial charge < -0.3 is 14.8 Å². The largest absolute Gasteiger partial charge is 0.493 e. The first-order valence-corrected chi connectivity index (χ1v) is 8.87. The van der Waals surface area contributed by atoms with Crippen molar-refractivity contribution in [3.63, 3.8) is 0 Å². The predicted molar refractivity (Wildman–Crippen MR) is 106 cm³/mol. The van der Waals surface area contributed by atoms with Crippen molar-refractivity contribution in [2.75, 3.05) is 20.8 Å². The van der Waals surface area contributed by atoms with Crippen molar-refractivity contribution in [2.45, 2.75) is 39.5 Å². The second-order valence-electron chi connectivity index (χ2n) is 7.40. The van der Waals surface area contributed by atoms with E-state index in [1.807, 2.05) is 6.07 Å². The molecule has 0 fully saturated rings. The first kappa shape index (κ1) is 19.8. The molecule has 2 rings (SSSR count). The zero-order valence-electron chi connectivity index (χ0n) is 16.6. The summed E-state index contributed by atoms with van der Waals surface area (Å²) < 4.78 is 11.3. The minimum atomic E-state index is -0.0357. The van der Waals surface area contributed by atoms with Gasteiger partial charge in [-0.05, 0) is 28.5 Å². The molecule has 0 radical (unpaired) electrons. The lowest BCUT2D eigenvalue weighted by atomic mass is 9.86. The normalized spacial score (nSPS) is 11.2. The molecule has 4 heteroatoms. The van der Waals surface area contributed by atoms with Crippen molar-refractivity contribution in [1.82, 2.24) is 5.32 Å². The van der Waals surface area contributed by atoms with Crippen LogP contribution in [0.1, 0.15) is 38.8 Å². The quantitative estimate of drug-likeness (QED) is 0.838. The van der Waals surface area contributed by atoms with Gasteiger partial charge in [0.15, 0.2) is 11.5 Å². The molecule has 0 aliphatic rings. The Morgan fingerprint density at radius 1 is 0.962 bits per heavy atom. The van der Waals surface area contributed by atoms with Crippen molar-refractivity contribution in [2.24, 2.45) is 0 Å². The molecule has 0 spiro atoms. The molecule has 1 N–H and O–H groups in total. The maximum atomic E-state index is 11.1. The summed E-state index contributed by atoms with van der Waals surface area (Å²) in [6, 6.07) is 12.6. The Morgan fingerprint density at radius 3 is 2.08 bits per heavy atom. The van der Waals surface area contributed by atoms with E-state index in [-0.39, 0.29) is 11.3 Å². The second kappa shape index (κ2) is 8.26. The lowest BCUT2D eigenvalue weighted by Crippen LogP contribution is -2.22. The monoisotopic (exact) mass is 355 g/mol. The van der Waals surface area contributed by atoms with Crippen molar-refractivity contribution in [3.8, 4) is 22.6 Å². The summed E-state index contributed by atoms with van der Waals surface area (Å²) in [5.74, 6) is 1.40. The van der Waals surface area contributed by atoms with Crippen molar-refractivity contribution in [1.29, 1.82) is 0 Å². The number of carbonyl (C=O) groups is 1. The summed E-state index contributed by atoms with van der Waals surface area (Å²) >= 11 is 0. The van der Waals surface area contributed by atoms with E-state index in [9.17, 15) is 4.79 Å². The third kappa shape index (κ3) is 4.57. The van der Waals surface area contributed by atoms with Gasteiger partial charge in [0.05, 0.1) is 14.2 Å². The number of hydrogen-bond donors (Lipinski definition) is 1. The highest BCUT2D eigenvalue weighted by atomic mass is 16.5. The number of nitrogens with one attached hydrogen (secondary N) is 1. The summed E-state index contributed by atoms with van der Waals surface area (Å²) in [6.45, 7) is 8.69. The molecule has 0 aromatic heterocycles. The highest BCUT2D eigenvalue weighted by Crippen LogP contribution is 2.41. The Balaban J connectivity index is 2.38. The second-order valence-corrected chi connectivity index (χ2v) is 7.40. The molecule has 0 bridgehead atoms. The molecule has 0 unspecified atom stereocenters. The number of methoxy groups -OCH3 is 2. The Morgan fingerprint density at radius 2 is 1.58 bits per heavy atom. The fourth-order valence-corrected chi connectivity index (χ4v) is 2.98. The van der Waals surface area contributed by atoms with E-state index in [1.54, 1.807) is 14.2 Å². The zero-order valence-corrected chi connectivity index (χ0v) is 16.6. The van der Waals surface area contributed by atoms with Gasteiger partial charge in [-0.3, -0.25) is 4.79 Å². The predicted octanol–water partition coefficient (Wildman–Crippen LogP) is 4.35. The molecule has 0 saturated heterocycles. The third-order valence-electron chi connectivity index (χ3n) is 4.43. The standard InChI is InChI=1S/C22H29NO3/c1-15(24)23-14-13-17-9-12-19(21(26-6)20(17)25-5)16-7-10-18(11-8-16)22(2,3)4/h7-12H,13-14H2,1-6H3,(H,23,24). The number of benzene rings is 2. The molecule has 2 aromatic rings. The van der Waals surface area contributed by atoms with Crippen LogP contribution >= 0.6 is 0 Å². The van der Waals surface area contributed by atoms with Gasteiger partial charge in [0.2, 0.25) is 5.91 Å². The molecule has 0 saturated carbocycles. The number of amides is 1. The van der Waals surface area contributed by atoms with Gasteiger partial charge in [-0.1, -0.05) is 57.2 Å². The van der Waals surface area contributed by atoms with E-state index in [4.69, 9.17) is 9.47 Å². The SMILES string of the molecule is COc1c(CCNC(C)=O)ccc(-c2ccc(C(C)(C)C)cc2)c1OC. The first-order chi connectivity index (χ1) is 12.3. The summed E-state index contributed by atoms with van der Waals surface area (Å²) in [5, 5.41) is 2.81. The third-order valence-corrected chi connectivity index (χ3v) is 4.43. The fraction of sp³-hybridized carbons (Fsp3) is 0.409. The van der Waals surface area contributed by atoms with Crippen LogP contribution in [0.3, 0.4) is 0 Å². The molecule has 26 heavy (non-hydrogen) atoms. The fourth-order valence-electron chi connectivity index (χ4n) is 2.98. The van der Waals surface area contributed by atoms with Crippen LogP contribution in [0, 0.1) is 0 Å². The lowest BCUT2D eigenvalue weighted by molar-refractivity contribution is -0.118. The van der Waals surface area contributed by atoms with Gasteiger partial charge in [0, 0.05) is 19.0 Å². The Kier molecular flexibility index (Phi) is 6.30. The summed E-state index contributed by atoms with van der Waals surface area (Å²) in [6.07, 6.45) is 0.683. The maximum absolute atomic E-state index is 11.1. The van der Waals surface area contributed by atoms with Crippen molar-refractivity contribution < 1.29 is 14.3 Å². The summed E-state index contributed by atoms with van der Waals surface area (Å²) in [4.78, 5) is 11.1. The molecule has 0 atom stereocenters. The highest BCUT2D eigenvalue weighted by Gasteiger charge is 2.18. The topological polar surface area (TPSA) is 47.6 Å². The van der Waals surface area contributed by atoms with Crippen LogP contribution in [0.5, 0.6) is 11.5 Å². The minimum Gasteiger partial charge on any atom is -0.493 e. The van der Waals surface area contributed by atoms with Gasteiger partial charge in [-0.15, -0.1) is 0 Å². The molecule has 1 amide bonds. The summed E-state index contributed by atoms with van der Waals surface area (Å²) in [7, 11) is 3.30. The van der Waals surface area contributed by atoms with Crippen LogP contribution in [0.4, 0.5) is 0 Å². The number of carbonyl (C=O) groups excluding carboxylic acids is 1. The van der Waals surface area contributed by atoms with Crippen LogP contribution in [-0.4, -0.2) is 26.7 Å². The van der Waals surface area contributed by atoms with Crippen LogP contribution in [-0.2, 0) is 16.6 Å². The van der Waals surface area contributed by atoms with Crippen LogP contribution in [0.15, 0.2) is 36.4 Å². The van der Waals surface area contributed by atoms with Crippen molar-refractivity contribution >= 4 is 5.91 Å².